The van der Waals surface area contributed by atoms with Crippen molar-refractivity contribution in [3.63, 3.8) is 0 Å². The fourth-order valence-corrected chi connectivity index (χ4v) is 2.07. The predicted molar refractivity (Wildman–Crippen MR) is 70.1 cm³/mol. The third kappa shape index (κ3) is 3.13. The van der Waals surface area contributed by atoms with Gasteiger partial charge in [-0.15, -0.1) is 0 Å². The first-order valence-electron chi connectivity index (χ1n) is 5.81. The summed E-state index contributed by atoms with van der Waals surface area (Å²) < 4.78 is 0. The van der Waals surface area contributed by atoms with Gasteiger partial charge in [-0.1, -0.05) is 44.0 Å². The average Bonchev–Trinajstić information content (AvgIpc) is 2.31. The van der Waals surface area contributed by atoms with Gasteiger partial charge in [0.15, 0.2) is 0 Å². The van der Waals surface area contributed by atoms with Gasteiger partial charge in [0.1, 0.15) is 0 Å². The molecular weight excluding hydrogens is 222 g/mol. The largest absolute Gasteiger partial charge is 0.394 e. The van der Waals surface area contributed by atoms with E-state index in [9.17, 15) is 5.11 Å². The highest BCUT2D eigenvalue weighted by Crippen LogP contribution is 2.28. The molecule has 0 aliphatic rings. The molecular formula is C13H20ClNO. The minimum Gasteiger partial charge on any atom is -0.394 e. The lowest BCUT2D eigenvalue weighted by Crippen LogP contribution is -2.41. The normalized spacial score (nSPS) is 14.5. The maximum Gasteiger partial charge on any atom is 0.0661 e. The summed E-state index contributed by atoms with van der Waals surface area (Å²) >= 11 is 6.10. The van der Waals surface area contributed by atoms with Crippen molar-refractivity contribution >= 4 is 17.3 Å². The van der Waals surface area contributed by atoms with Gasteiger partial charge in [0.25, 0.3) is 0 Å². The number of halogens is 1. The Morgan fingerprint density at radius 1 is 1.31 bits per heavy atom. The van der Waals surface area contributed by atoms with Crippen molar-refractivity contribution in [3.8, 4) is 0 Å². The first-order chi connectivity index (χ1) is 7.67. The first kappa shape index (κ1) is 13.3. The Morgan fingerprint density at radius 3 is 2.50 bits per heavy atom. The van der Waals surface area contributed by atoms with Gasteiger partial charge in [0, 0.05) is 0 Å². The molecule has 0 heterocycles. The molecule has 0 bridgehead atoms. The maximum atomic E-state index is 9.55. The number of aliphatic hydroxyl groups excluding tert-OH is 1. The van der Waals surface area contributed by atoms with E-state index in [1.807, 2.05) is 24.3 Å². The van der Waals surface area contributed by atoms with Crippen LogP contribution in [0.1, 0.15) is 33.1 Å². The van der Waals surface area contributed by atoms with Crippen LogP contribution in [0, 0.1) is 0 Å². The van der Waals surface area contributed by atoms with Gasteiger partial charge in [-0.3, -0.25) is 0 Å². The summed E-state index contributed by atoms with van der Waals surface area (Å²) in [6.45, 7) is 4.33. The molecule has 0 aliphatic heterocycles. The standard InChI is InChI=1S/C13H20ClNO/c1-3-9-13(4-2,10-16)15-12-8-6-5-7-11(12)14/h5-8,15-16H,3-4,9-10H2,1-2H3. The number of benzene rings is 1. The van der Waals surface area contributed by atoms with E-state index in [1.54, 1.807) is 0 Å². The maximum absolute atomic E-state index is 9.55. The molecule has 3 heteroatoms. The van der Waals surface area contributed by atoms with Gasteiger partial charge in [-0.2, -0.15) is 0 Å². The van der Waals surface area contributed by atoms with E-state index in [-0.39, 0.29) is 12.1 Å². The molecule has 2 N–H and O–H groups in total. The van der Waals surface area contributed by atoms with E-state index in [2.05, 4.69) is 19.2 Å². The van der Waals surface area contributed by atoms with Gasteiger partial charge in [0.05, 0.1) is 22.9 Å². The molecule has 16 heavy (non-hydrogen) atoms. The Balaban J connectivity index is 2.87. The Bertz CT molecular complexity index is 323. The zero-order chi connectivity index (χ0) is 12.0. The summed E-state index contributed by atoms with van der Waals surface area (Å²) in [5.41, 5.74) is 0.647. The fourth-order valence-electron chi connectivity index (χ4n) is 1.88. The van der Waals surface area contributed by atoms with Gasteiger partial charge < -0.3 is 10.4 Å². The van der Waals surface area contributed by atoms with E-state index in [0.29, 0.717) is 5.02 Å². The molecule has 1 rings (SSSR count). The monoisotopic (exact) mass is 241 g/mol. The van der Waals surface area contributed by atoms with E-state index < -0.39 is 0 Å². The SMILES string of the molecule is CCCC(CC)(CO)Nc1ccccc1Cl. The fraction of sp³-hybridized carbons (Fsp3) is 0.538. The van der Waals surface area contributed by atoms with Crippen molar-refractivity contribution in [3.05, 3.63) is 29.3 Å². The molecule has 1 unspecified atom stereocenters. The van der Waals surface area contributed by atoms with Crippen molar-refractivity contribution < 1.29 is 5.11 Å². The number of aliphatic hydroxyl groups is 1. The van der Waals surface area contributed by atoms with Crippen LogP contribution < -0.4 is 5.32 Å². The van der Waals surface area contributed by atoms with Gasteiger partial charge >= 0.3 is 0 Å². The molecule has 1 aromatic rings. The van der Waals surface area contributed by atoms with Gasteiger partial charge in [-0.05, 0) is 25.0 Å². The Hall–Kier alpha value is -0.730. The van der Waals surface area contributed by atoms with Crippen LogP contribution in [0.4, 0.5) is 5.69 Å². The summed E-state index contributed by atoms with van der Waals surface area (Å²) in [4.78, 5) is 0. The molecule has 1 aromatic carbocycles. The number of para-hydroxylation sites is 1. The highest BCUT2D eigenvalue weighted by Gasteiger charge is 2.26. The van der Waals surface area contributed by atoms with E-state index >= 15 is 0 Å². The zero-order valence-electron chi connectivity index (χ0n) is 9.96. The number of rotatable bonds is 6. The highest BCUT2D eigenvalue weighted by atomic mass is 35.5. The van der Waals surface area contributed by atoms with Crippen LogP contribution in [0.15, 0.2) is 24.3 Å². The van der Waals surface area contributed by atoms with Crippen molar-refractivity contribution in [2.45, 2.75) is 38.6 Å². The lowest BCUT2D eigenvalue weighted by atomic mass is 9.91. The molecule has 2 nitrogen and oxygen atoms in total. The lowest BCUT2D eigenvalue weighted by Gasteiger charge is -2.33. The predicted octanol–water partition coefficient (Wildman–Crippen LogP) is 3.69. The number of hydrogen-bond donors (Lipinski definition) is 2. The molecule has 0 saturated carbocycles. The van der Waals surface area contributed by atoms with E-state index in [4.69, 9.17) is 11.6 Å². The second-order valence-electron chi connectivity index (χ2n) is 4.15. The Labute approximate surface area is 103 Å². The smallest absolute Gasteiger partial charge is 0.0661 e. The Morgan fingerprint density at radius 2 is 2.00 bits per heavy atom. The van der Waals surface area contributed by atoms with Crippen LogP contribution in [-0.4, -0.2) is 17.3 Å². The summed E-state index contributed by atoms with van der Waals surface area (Å²) in [7, 11) is 0. The molecule has 90 valence electrons. The van der Waals surface area contributed by atoms with Gasteiger partial charge in [-0.25, -0.2) is 0 Å². The number of anilines is 1. The van der Waals surface area contributed by atoms with Crippen molar-refractivity contribution in [1.82, 2.24) is 0 Å². The molecule has 0 amide bonds. The molecule has 0 saturated heterocycles. The van der Waals surface area contributed by atoms with Crippen LogP contribution >= 0.6 is 11.6 Å². The molecule has 0 aromatic heterocycles. The van der Waals surface area contributed by atoms with Crippen LogP contribution in [0.2, 0.25) is 5.02 Å². The topological polar surface area (TPSA) is 32.3 Å². The minimum absolute atomic E-state index is 0.128. The van der Waals surface area contributed by atoms with Crippen molar-refractivity contribution in [2.75, 3.05) is 11.9 Å². The number of nitrogens with one attached hydrogen (secondary N) is 1. The third-order valence-electron chi connectivity index (χ3n) is 2.98. The van der Waals surface area contributed by atoms with Crippen LogP contribution in [0.5, 0.6) is 0 Å². The molecule has 0 radical (unpaired) electrons. The molecule has 0 fully saturated rings. The summed E-state index contributed by atoms with van der Waals surface area (Å²) in [5, 5.41) is 13.6. The molecule has 0 spiro atoms. The third-order valence-corrected chi connectivity index (χ3v) is 3.31. The first-order valence-corrected chi connectivity index (χ1v) is 6.19. The second kappa shape index (κ2) is 6.12. The van der Waals surface area contributed by atoms with E-state index in [1.165, 1.54) is 0 Å². The van der Waals surface area contributed by atoms with E-state index in [0.717, 1.165) is 24.9 Å². The summed E-state index contributed by atoms with van der Waals surface area (Å²) in [5.74, 6) is 0. The van der Waals surface area contributed by atoms with Crippen LogP contribution in [0.25, 0.3) is 0 Å². The quantitative estimate of drug-likeness (QED) is 0.796. The molecule has 0 aliphatic carbocycles. The van der Waals surface area contributed by atoms with Gasteiger partial charge in [0.2, 0.25) is 0 Å². The summed E-state index contributed by atoms with van der Waals surface area (Å²) in [6.07, 6.45) is 2.85. The summed E-state index contributed by atoms with van der Waals surface area (Å²) in [6, 6.07) is 7.64. The second-order valence-corrected chi connectivity index (χ2v) is 4.55. The highest BCUT2D eigenvalue weighted by molar-refractivity contribution is 6.33. The Kier molecular flexibility index (Phi) is 5.10. The minimum atomic E-state index is -0.250. The molecule has 1 atom stereocenters. The van der Waals surface area contributed by atoms with Crippen LogP contribution in [-0.2, 0) is 0 Å². The van der Waals surface area contributed by atoms with Crippen molar-refractivity contribution in [2.24, 2.45) is 0 Å². The number of hydrogen-bond acceptors (Lipinski definition) is 2. The van der Waals surface area contributed by atoms with Crippen LogP contribution in [0.3, 0.4) is 0 Å². The zero-order valence-corrected chi connectivity index (χ0v) is 10.7. The lowest BCUT2D eigenvalue weighted by molar-refractivity contribution is 0.197. The average molecular weight is 242 g/mol. The van der Waals surface area contributed by atoms with Crippen molar-refractivity contribution in [1.29, 1.82) is 0 Å².